The minimum Gasteiger partial charge on any atom is -0.278 e. The van der Waals surface area contributed by atoms with E-state index < -0.39 is 10.0 Å². The smallest absolute Gasteiger partial charge is 0.271 e. The standard InChI is InChI=1S/C13H12N2O2S2/c1-9-4-3-5-12(11(9)8-14)15-19(16,17)13-7-6-10(2)18-13/h3-7,15H,1-2H3. The van der Waals surface area contributed by atoms with Gasteiger partial charge in [-0.25, -0.2) is 8.42 Å². The lowest BCUT2D eigenvalue weighted by Gasteiger charge is -2.09. The zero-order chi connectivity index (χ0) is 14.0. The lowest BCUT2D eigenvalue weighted by Crippen LogP contribution is -2.12. The molecule has 0 amide bonds. The molecule has 1 heterocycles. The highest BCUT2D eigenvalue weighted by Crippen LogP contribution is 2.25. The van der Waals surface area contributed by atoms with Crippen LogP contribution < -0.4 is 4.72 Å². The van der Waals surface area contributed by atoms with Gasteiger partial charge >= 0.3 is 0 Å². The predicted octanol–water partition coefficient (Wildman–Crippen LogP) is 3.04. The second kappa shape index (κ2) is 5.03. The van der Waals surface area contributed by atoms with Gasteiger partial charge in [0, 0.05) is 4.88 Å². The van der Waals surface area contributed by atoms with E-state index in [1.807, 2.05) is 13.0 Å². The molecule has 2 rings (SSSR count). The predicted molar refractivity (Wildman–Crippen MR) is 75.8 cm³/mol. The second-order valence-electron chi connectivity index (χ2n) is 4.08. The van der Waals surface area contributed by atoms with E-state index in [1.165, 1.54) is 11.3 Å². The Balaban J connectivity index is 2.42. The summed E-state index contributed by atoms with van der Waals surface area (Å²) in [5, 5.41) is 9.09. The maximum absolute atomic E-state index is 12.2. The maximum Gasteiger partial charge on any atom is 0.271 e. The molecule has 0 atom stereocenters. The Hall–Kier alpha value is -1.84. The van der Waals surface area contributed by atoms with Crippen LogP contribution in [0, 0.1) is 25.2 Å². The first-order chi connectivity index (χ1) is 8.94. The largest absolute Gasteiger partial charge is 0.278 e. The Morgan fingerprint density at radius 3 is 2.53 bits per heavy atom. The summed E-state index contributed by atoms with van der Waals surface area (Å²) < 4.78 is 27.1. The molecule has 0 saturated heterocycles. The van der Waals surface area contributed by atoms with Crippen molar-refractivity contribution in [2.24, 2.45) is 0 Å². The molecule has 0 saturated carbocycles. The quantitative estimate of drug-likeness (QED) is 0.945. The Bertz CT molecular complexity index is 755. The van der Waals surface area contributed by atoms with Gasteiger partial charge in [-0.05, 0) is 37.6 Å². The number of hydrogen-bond acceptors (Lipinski definition) is 4. The number of anilines is 1. The number of nitrogens with zero attached hydrogens (tertiary/aromatic N) is 1. The van der Waals surface area contributed by atoms with Crippen molar-refractivity contribution in [3.05, 3.63) is 46.3 Å². The molecule has 0 fully saturated rings. The number of rotatable bonds is 3. The van der Waals surface area contributed by atoms with Crippen LogP contribution in [0.5, 0.6) is 0 Å². The first-order valence-corrected chi connectivity index (χ1v) is 7.83. The number of hydrogen-bond donors (Lipinski definition) is 1. The van der Waals surface area contributed by atoms with Gasteiger partial charge in [0.1, 0.15) is 10.3 Å². The molecule has 0 aliphatic heterocycles. The maximum atomic E-state index is 12.2. The normalized spacial score (nSPS) is 11.0. The molecular formula is C13H12N2O2S2. The number of sulfonamides is 1. The summed E-state index contributed by atoms with van der Waals surface area (Å²) in [4.78, 5) is 0.921. The minimum absolute atomic E-state index is 0.246. The number of aryl methyl sites for hydroxylation is 2. The third kappa shape index (κ3) is 2.78. The van der Waals surface area contributed by atoms with Crippen LogP contribution in [0.25, 0.3) is 0 Å². The van der Waals surface area contributed by atoms with Crippen molar-refractivity contribution >= 4 is 27.0 Å². The molecule has 1 aromatic heterocycles. The zero-order valence-corrected chi connectivity index (χ0v) is 12.1. The van der Waals surface area contributed by atoms with Crippen LogP contribution in [0.3, 0.4) is 0 Å². The van der Waals surface area contributed by atoms with E-state index in [0.717, 1.165) is 10.4 Å². The minimum atomic E-state index is -3.62. The highest BCUT2D eigenvalue weighted by atomic mass is 32.2. The van der Waals surface area contributed by atoms with Gasteiger partial charge in [0.15, 0.2) is 0 Å². The molecule has 98 valence electrons. The number of thiophene rings is 1. The number of nitrogens with one attached hydrogen (secondary N) is 1. The molecule has 19 heavy (non-hydrogen) atoms. The monoisotopic (exact) mass is 292 g/mol. The highest BCUT2D eigenvalue weighted by Gasteiger charge is 2.18. The Kier molecular flexibility index (Phi) is 3.60. The summed E-state index contributed by atoms with van der Waals surface area (Å²) in [6.07, 6.45) is 0. The van der Waals surface area contributed by atoms with Crippen molar-refractivity contribution in [3.63, 3.8) is 0 Å². The van der Waals surface area contributed by atoms with Crippen LogP contribution in [0.2, 0.25) is 0 Å². The average molecular weight is 292 g/mol. The van der Waals surface area contributed by atoms with Gasteiger partial charge in [-0.2, -0.15) is 5.26 Å². The molecule has 2 aromatic rings. The van der Waals surface area contributed by atoms with Crippen molar-refractivity contribution in [1.82, 2.24) is 0 Å². The number of benzene rings is 1. The molecule has 6 heteroatoms. The third-order valence-corrected chi connectivity index (χ3v) is 5.47. The van der Waals surface area contributed by atoms with Crippen LogP contribution in [0.4, 0.5) is 5.69 Å². The van der Waals surface area contributed by atoms with Gasteiger partial charge in [0.05, 0.1) is 11.3 Å². The molecule has 1 aromatic carbocycles. The van der Waals surface area contributed by atoms with E-state index in [-0.39, 0.29) is 4.21 Å². The average Bonchev–Trinajstić information content (AvgIpc) is 2.76. The first kappa shape index (κ1) is 13.6. The van der Waals surface area contributed by atoms with Crippen molar-refractivity contribution in [3.8, 4) is 6.07 Å². The van der Waals surface area contributed by atoms with E-state index in [4.69, 9.17) is 5.26 Å². The Labute approximate surface area is 116 Å². The summed E-state index contributed by atoms with van der Waals surface area (Å²) in [6, 6.07) is 10.4. The topological polar surface area (TPSA) is 70.0 Å². The molecule has 0 spiro atoms. The molecular weight excluding hydrogens is 280 g/mol. The molecule has 0 bridgehead atoms. The van der Waals surface area contributed by atoms with Gasteiger partial charge in [0.2, 0.25) is 0 Å². The van der Waals surface area contributed by atoms with Gasteiger partial charge in [-0.1, -0.05) is 12.1 Å². The summed E-state index contributed by atoms with van der Waals surface area (Å²) in [5.41, 5.74) is 1.40. The van der Waals surface area contributed by atoms with Crippen molar-refractivity contribution in [1.29, 1.82) is 5.26 Å². The van der Waals surface area contributed by atoms with Crippen LogP contribution in [-0.2, 0) is 10.0 Å². The molecule has 0 radical (unpaired) electrons. The van der Waals surface area contributed by atoms with Gasteiger partial charge < -0.3 is 0 Å². The summed E-state index contributed by atoms with van der Waals surface area (Å²) in [5.74, 6) is 0. The van der Waals surface area contributed by atoms with Crippen LogP contribution in [0.1, 0.15) is 16.0 Å². The second-order valence-corrected chi connectivity index (χ2v) is 7.28. The van der Waals surface area contributed by atoms with Crippen LogP contribution in [0.15, 0.2) is 34.5 Å². The first-order valence-electron chi connectivity index (χ1n) is 5.53. The molecule has 0 unspecified atom stereocenters. The van der Waals surface area contributed by atoms with E-state index in [1.54, 1.807) is 37.3 Å². The summed E-state index contributed by atoms with van der Waals surface area (Å²) in [7, 11) is -3.62. The van der Waals surface area contributed by atoms with E-state index in [0.29, 0.717) is 11.3 Å². The highest BCUT2D eigenvalue weighted by molar-refractivity contribution is 7.94. The van der Waals surface area contributed by atoms with Gasteiger partial charge in [-0.3, -0.25) is 4.72 Å². The Morgan fingerprint density at radius 2 is 1.95 bits per heavy atom. The van der Waals surface area contributed by atoms with Gasteiger partial charge in [-0.15, -0.1) is 11.3 Å². The number of nitriles is 1. The molecule has 0 aliphatic rings. The lowest BCUT2D eigenvalue weighted by molar-refractivity contribution is 0.603. The SMILES string of the molecule is Cc1ccc(S(=O)(=O)Nc2cccc(C)c2C#N)s1. The van der Waals surface area contributed by atoms with Crippen LogP contribution >= 0.6 is 11.3 Å². The van der Waals surface area contributed by atoms with Crippen LogP contribution in [-0.4, -0.2) is 8.42 Å². The molecule has 4 nitrogen and oxygen atoms in total. The fourth-order valence-corrected chi connectivity index (χ4v) is 4.01. The lowest BCUT2D eigenvalue weighted by atomic mass is 10.1. The van der Waals surface area contributed by atoms with E-state index in [9.17, 15) is 8.42 Å². The fraction of sp³-hybridized carbons (Fsp3) is 0.154. The van der Waals surface area contributed by atoms with Crippen molar-refractivity contribution in [2.45, 2.75) is 18.1 Å². The van der Waals surface area contributed by atoms with E-state index >= 15 is 0 Å². The van der Waals surface area contributed by atoms with E-state index in [2.05, 4.69) is 4.72 Å². The molecule has 1 N–H and O–H groups in total. The van der Waals surface area contributed by atoms with Crippen molar-refractivity contribution in [2.75, 3.05) is 4.72 Å². The third-order valence-electron chi connectivity index (χ3n) is 2.61. The summed E-state index contributed by atoms with van der Waals surface area (Å²) in [6.45, 7) is 3.61. The van der Waals surface area contributed by atoms with Crippen molar-refractivity contribution < 1.29 is 8.42 Å². The Morgan fingerprint density at radius 1 is 1.21 bits per heavy atom. The summed E-state index contributed by atoms with van der Waals surface area (Å²) >= 11 is 1.20. The molecule has 0 aliphatic carbocycles. The zero-order valence-electron chi connectivity index (χ0n) is 10.5. The fourth-order valence-electron chi connectivity index (χ4n) is 1.65. The van der Waals surface area contributed by atoms with Gasteiger partial charge in [0.25, 0.3) is 10.0 Å².